The molecular formula is C29H35ClN4O4S2. The number of hydrogen-bond donors (Lipinski definition) is 0. The highest BCUT2D eigenvalue weighted by atomic mass is 35.5. The van der Waals surface area contributed by atoms with E-state index in [2.05, 4.69) is 23.1 Å². The van der Waals surface area contributed by atoms with Gasteiger partial charge in [0, 0.05) is 31.9 Å². The third-order valence-electron chi connectivity index (χ3n) is 7.07. The molecule has 3 aromatic rings. The van der Waals surface area contributed by atoms with Crippen LogP contribution in [0, 0.1) is 13.8 Å². The van der Waals surface area contributed by atoms with E-state index in [0.29, 0.717) is 5.56 Å². The minimum absolute atomic E-state index is 0.0455. The van der Waals surface area contributed by atoms with Crippen molar-refractivity contribution in [2.24, 2.45) is 4.40 Å². The second-order valence-corrected chi connectivity index (χ2v) is 13.5. The average Bonchev–Trinajstić information content (AvgIpc) is 3.39. The predicted octanol–water partition coefficient (Wildman–Crippen LogP) is 5.18. The molecular weight excluding hydrogens is 568 g/mol. The Morgan fingerprint density at radius 1 is 0.825 bits per heavy atom. The van der Waals surface area contributed by atoms with Crippen LogP contribution in [0.15, 0.2) is 87.0 Å². The largest absolute Gasteiger partial charge is 0.372 e. The van der Waals surface area contributed by atoms with Crippen molar-refractivity contribution >= 4 is 43.2 Å². The van der Waals surface area contributed by atoms with E-state index >= 15 is 0 Å². The first-order valence-corrected chi connectivity index (χ1v) is 16.6. The summed E-state index contributed by atoms with van der Waals surface area (Å²) < 4.78 is 59.7. The van der Waals surface area contributed by atoms with Gasteiger partial charge in [0.15, 0.2) is 0 Å². The molecule has 0 N–H and O–H groups in total. The number of hydrogen-bond acceptors (Lipinski definition) is 5. The van der Waals surface area contributed by atoms with Crippen LogP contribution in [0.4, 0.5) is 5.69 Å². The van der Waals surface area contributed by atoms with Crippen LogP contribution < -0.4 is 4.90 Å². The van der Waals surface area contributed by atoms with E-state index in [-0.39, 0.29) is 34.6 Å². The normalized spacial score (nSPS) is 16.9. The number of alkyl halides is 1. The fourth-order valence-corrected chi connectivity index (χ4v) is 7.71. The lowest BCUT2D eigenvalue weighted by atomic mass is 10.1. The summed E-state index contributed by atoms with van der Waals surface area (Å²) in [6.45, 7) is 9.94. The van der Waals surface area contributed by atoms with Crippen molar-refractivity contribution in [3.05, 3.63) is 89.5 Å². The summed E-state index contributed by atoms with van der Waals surface area (Å²) >= 11 is 6.31. The lowest BCUT2D eigenvalue weighted by molar-refractivity contribution is 0.284. The number of nitrogens with zero attached hydrogens (tertiary/aromatic N) is 4. The third-order valence-corrected chi connectivity index (χ3v) is 10.5. The van der Waals surface area contributed by atoms with Gasteiger partial charge in [-0.05, 0) is 69.7 Å². The topological polar surface area (TPSA) is 90.4 Å². The van der Waals surface area contributed by atoms with Gasteiger partial charge >= 0.3 is 0 Å². The lowest BCUT2D eigenvalue weighted by Gasteiger charge is -2.32. The van der Waals surface area contributed by atoms with Gasteiger partial charge in [0.2, 0.25) is 10.0 Å². The molecule has 0 spiro atoms. The molecule has 0 saturated carbocycles. The minimum atomic E-state index is -4.08. The molecule has 0 unspecified atom stereocenters. The van der Waals surface area contributed by atoms with Gasteiger partial charge in [-0.2, -0.15) is 12.7 Å². The molecule has 8 nitrogen and oxygen atoms in total. The molecule has 11 heteroatoms. The van der Waals surface area contributed by atoms with E-state index in [1.54, 1.807) is 41.3 Å². The highest BCUT2D eigenvalue weighted by Crippen LogP contribution is 2.36. The highest BCUT2D eigenvalue weighted by Gasteiger charge is 2.42. The van der Waals surface area contributed by atoms with Crippen molar-refractivity contribution < 1.29 is 16.8 Å². The maximum atomic E-state index is 13.9. The molecule has 1 saturated heterocycles. The van der Waals surface area contributed by atoms with E-state index in [4.69, 9.17) is 11.6 Å². The summed E-state index contributed by atoms with van der Waals surface area (Å²) in [5.74, 6) is -0.126. The maximum Gasteiger partial charge on any atom is 0.283 e. The van der Waals surface area contributed by atoms with Crippen LogP contribution in [-0.2, 0) is 20.0 Å². The van der Waals surface area contributed by atoms with Gasteiger partial charge in [-0.1, -0.05) is 47.5 Å². The van der Waals surface area contributed by atoms with Gasteiger partial charge in [0.05, 0.1) is 15.7 Å². The van der Waals surface area contributed by atoms with Crippen LogP contribution >= 0.6 is 11.6 Å². The number of sulfonamides is 2. The van der Waals surface area contributed by atoms with Crippen LogP contribution in [0.3, 0.4) is 0 Å². The van der Waals surface area contributed by atoms with Crippen LogP contribution in [0.5, 0.6) is 0 Å². The van der Waals surface area contributed by atoms with E-state index < -0.39 is 26.2 Å². The molecule has 0 aliphatic carbocycles. The summed E-state index contributed by atoms with van der Waals surface area (Å²) in [4.78, 5) is 4.08. The maximum absolute atomic E-state index is 13.9. The zero-order chi connectivity index (χ0) is 29.1. The summed E-state index contributed by atoms with van der Waals surface area (Å²) in [7, 11) is -8.01. The molecule has 0 radical (unpaired) electrons. The Morgan fingerprint density at radius 2 is 1.35 bits per heavy atom. The SMILES string of the molecule is CCN(CC)c1ccc([C@H]2N(C(CCl)=NS(=O)(=O)c3ccc(C)cc3)CCN2S(=O)(=O)c2ccc(C)cc2)cc1. The van der Waals surface area contributed by atoms with E-state index in [1.807, 2.05) is 38.1 Å². The standard InChI is InChI=1S/C29H35ClN4O4S2/c1-5-32(6-2)25-13-11-24(12-14-25)29-33(19-20-34(29)40(37,38)27-17-9-23(4)10-18-27)28(21-30)31-39(35,36)26-15-7-22(3)8-16-26/h7-18,29H,5-6,19-21H2,1-4H3/t29-/m0/s1. The zero-order valence-electron chi connectivity index (χ0n) is 23.2. The first kappa shape index (κ1) is 30.0. The molecule has 0 aromatic heterocycles. The number of benzene rings is 3. The van der Waals surface area contributed by atoms with E-state index in [0.717, 1.165) is 29.9 Å². The highest BCUT2D eigenvalue weighted by molar-refractivity contribution is 7.90. The van der Waals surface area contributed by atoms with E-state index in [1.165, 1.54) is 16.4 Å². The third kappa shape index (κ3) is 6.20. The molecule has 1 fully saturated rings. The van der Waals surface area contributed by atoms with Gasteiger partial charge in [0.25, 0.3) is 10.0 Å². The Hall–Kier alpha value is -2.92. The van der Waals surface area contributed by atoms with Gasteiger partial charge in [-0.3, -0.25) is 0 Å². The lowest BCUT2D eigenvalue weighted by Crippen LogP contribution is -2.39. The second-order valence-electron chi connectivity index (χ2n) is 9.69. The summed E-state index contributed by atoms with van der Waals surface area (Å²) in [6.07, 6.45) is -0.831. The van der Waals surface area contributed by atoms with Crippen LogP contribution in [0.2, 0.25) is 0 Å². The van der Waals surface area contributed by atoms with Crippen molar-refractivity contribution in [3.8, 4) is 0 Å². The molecule has 1 atom stereocenters. The molecule has 1 aliphatic rings. The van der Waals surface area contributed by atoms with Crippen molar-refractivity contribution in [2.75, 3.05) is 37.0 Å². The van der Waals surface area contributed by atoms with Crippen molar-refractivity contribution in [1.29, 1.82) is 0 Å². The summed E-state index contributed by atoms with van der Waals surface area (Å²) in [5, 5.41) is 0. The van der Waals surface area contributed by atoms with Crippen LogP contribution in [0.1, 0.15) is 36.7 Å². The first-order valence-electron chi connectivity index (χ1n) is 13.2. The van der Waals surface area contributed by atoms with Crippen molar-refractivity contribution in [1.82, 2.24) is 9.21 Å². The van der Waals surface area contributed by atoms with E-state index in [9.17, 15) is 16.8 Å². The number of halogens is 1. The Bertz CT molecular complexity index is 1550. The number of anilines is 1. The smallest absolute Gasteiger partial charge is 0.283 e. The molecule has 40 heavy (non-hydrogen) atoms. The fourth-order valence-electron chi connectivity index (χ4n) is 4.82. The monoisotopic (exact) mass is 602 g/mol. The number of aryl methyl sites for hydroxylation is 2. The Balaban J connectivity index is 1.80. The van der Waals surface area contributed by atoms with Gasteiger partial charge < -0.3 is 9.80 Å². The Morgan fingerprint density at radius 3 is 1.85 bits per heavy atom. The molecule has 0 bridgehead atoms. The average molecular weight is 603 g/mol. The van der Waals surface area contributed by atoms with Crippen molar-refractivity contribution in [2.45, 2.75) is 43.7 Å². The number of rotatable bonds is 9. The van der Waals surface area contributed by atoms with Gasteiger partial charge in [-0.15, -0.1) is 16.0 Å². The van der Waals surface area contributed by atoms with Crippen LogP contribution in [-0.4, -0.2) is 63.9 Å². The van der Waals surface area contributed by atoms with Gasteiger partial charge in [-0.25, -0.2) is 8.42 Å². The zero-order valence-corrected chi connectivity index (χ0v) is 25.5. The molecule has 214 valence electrons. The first-order chi connectivity index (χ1) is 19.0. The van der Waals surface area contributed by atoms with Gasteiger partial charge in [0.1, 0.15) is 12.0 Å². The Labute approximate surface area is 243 Å². The second kappa shape index (κ2) is 12.3. The van der Waals surface area contributed by atoms with Crippen LogP contribution in [0.25, 0.3) is 0 Å². The molecule has 0 amide bonds. The summed E-state index contributed by atoms with van der Waals surface area (Å²) in [6, 6.07) is 20.8. The quantitative estimate of drug-likeness (QED) is 0.190. The number of amidine groups is 1. The summed E-state index contributed by atoms with van der Waals surface area (Å²) in [5.41, 5.74) is 3.57. The van der Waals surface area contributed by atoms with Crippen molar-refractivity contribution in [3.63, 3.8) is 0 Å². The molecule has 1 aliphatic heterocycles. The molecule has 3 aromatic carbocycles. The molecule has 4 rings (SSSR count). The predicted molar refractivity (Wildman–Crippen MR) is 161 cm³/mol. The minimum Gasteiger partial charge on any atom is -0.372 e. The fraction of sp³-hybridized carbons (Fsp3) is 0.345. The Kier molecular flexibility index (Phi) is 9.24. The molecule has 1 heterocycles.